The summed E-state index contributed by atoms with van der Waals surface area (Å²) < 4.78 is 27.6. The van der Waals surface area contributed by atoms with Crippen molar-refractivity contribution < 1.29 is 8.42 Å². The van der Waals surface area contributed by atoms with Crippen molar-refractivity contribution in [3.05, 3.63) is 15.8 Å². The average molecular weight is 353 g/mol. The molecule has 4 nitrogen and oxygen atoms in total. The van der Waals surface area contributed by atoms with E-state index in [4.69, 9.17) is 11.6 Å². The molecule has 1 aromatic heterocycles. The fourth-order valence-corrected chi connectivity index (χ4v) is 5.69. The quantitative estimate of drug-likeness (QED) is 0.675. The summed E-state index contributed by atoms with van der Waals surface area (Å²) in [5.74, 6) is 0.510. The minimum atomic E-state index is -3.49. The van der Waals surface area contributed by atoms with Gasteiger partial charge < -0.3 is 4.90 Å². The first-order chi connectivity index (χ1) is 9.70. The van der Waals surface area contributed by atoms with Crippen LogP contribution in [-0.2, 0) is 15.9 Å². The van der Waals surface area contributed by atoms with Gasteiger partial charge in [0, 0.05) is 24.5 Å². The van der Waals surface area contributed by atoms with E-state index in [0.29, 0.717) is 24.5 Å². The molecule has 0 amide bonds. The monoisotopic (exact) mass is 352 g/mol. The van der Waals surface area contributed by atoms with Crippen molar-refractivity contribution >= 4 is 33.0 Å². The van der Waals surface area contributed by atoms with E-state index in [2.05, 4.69) is 0 Å². The van der Waals surface area contributed by atoms with Crippen molar-refractivity contribution in [2.24, 2.45) is 5.92 Å². The van der Waals surface area contributed by atoms with Crippen molar-refractivity contribution in [2.45, 2.75) is 31.5 Å². The number of hydrogen-bond donors (Lipinski definition) is 0. The van der Waals surface area contributed by atoms with E-state index in [0.717, 1.165) is 10.4 Å². The lowest BCUT2D eigenvalue weighted by atomic mass is 10.2. The number of hydrogen-bond acceptors (Lipinski definition) is 4. The van der Waals surface area contributed by atoms with Crippen molar-refractivity contribution in [3.63, 3.8) is 0 Å². The maximum Gasteiger partial charge on any atom is 0.244 e. The predicted molar refractivity (Wildman–Crippen MR) is 90.8 cm³/mol. The number of likely N-dealkylation sites (N-methyl/N-ethyl adjacent to an activating group) is 1. The predicted octanol–water partition coefficient (Wildman–Crippen LogP) is 3.00. The number of rotatable bonds is 8. The minimum Gasteiger partial charge on any atom is -0.308 e. The van der Waals surface area contributed by atoms with Crippen LogP contribution in [0.1, 0.15) is 24.3 Å². The van der Waals surface area contributed by atoms with E-state index in [9.17, 15) is 8.42 Å². The Bertz CT molecular complexity index is 553. The van der Waals surface area contributed by atoms with Gasteiger partial charge in [-0.15, -0.1) is 22.9 Å². The third-order valence-corrected chi connectivity index (χ3v) is 6.83. The molecule has 0 saturated heterocycles. The topological polar surface area (TPSA) is 40.6 Å². The molecular weight excluding hydrogens is 328 g/mol. The average Bonchev–Trinajstić information content (AvgIpc) is 2.75. The molecule has 0 N–H and O–H groups in total. The van der Waals surface area contributed by atoms with E-state index in [1.807, 2.05) is 45.1 Å². The van der Waals surface area contributed by atoms with Gasteiger partial charge >= 0.3 is 0 Å². The summed E-state index contributed by atoms with van der Waals surface area (Å²) in [4.78, 5) is 3.13. The summed E-state index contributed by atoms with van der Waals surface area (Å²) in [5, 5.41) is 1.87. The Kier molecular flexibility index (Phi) is 7.13. The van der Waals surface area contributed by atoms with Gasteiger partial charge in [-0.1, -0.05) is 13.8 Å². The Hall–Kier alpha value is -0.140. The van der Waals surface area contributed by atoms with Crippen molar-refractivity contribution in [2.75, 3.05) is 33.7 Å². The molecule has 21 heavy (non-hydrogen) atoms. The second-order valence-corrected chi connectivity index (χ2v) is 8.97. The van der Waals surface area contributed by atoms with Gasteiger partial charge in [-0.2, -0.15) is 4.31 Å². The number of halogens is 1. The molecule has 0 unspecified atom stereocenters. The highest BCUT2D eigenvalue weighted by molar-refractivity contribution is 7.89. The highest BCUT2D eigenvalue weighted by Crippen LogP contribution is 2.31. The Balaban J connectivity index is 3.16. The largest absolute Gasteiger partial charge is 0.308 e. The molecule has 1 aromatic rings. The molecule has 0 fully saturated rings. The summed E-state index contributed by atoms with van der Waals surface area (Å²) in [7, 11) is 0.400. The lowest BCUT2D eigenvalue weighted by Gasteiger charge is -2.26. The molecular formula is C14H25ClN2O2S2. The van der Waals surface area contributed by atoms with Gasteiger partial charge in [-0.05, 0) is 37.9 Å². The number of aryl methyl sites for hydroxylation is 1. The highest BCUT2D eigenvalue weighted by Gasteiger charge is 2.29. The molecule has 0 aromatic carbocycles. The zero-order valence-electron chi connectivity index (χ0n) is 13.4. The first-order valence-corrected chi connectivity index (χ1v) is 9.83. The summed E-state index contributed by atoms with van der Waals surface area (Å²) >= 11 is 7.32. The molecule has 122 valence electrons. The summed E-state index contributed by atoms with van der Waals surface area (Å²) in [6.45, 7) is 7.60. The Morgan fingerprint density at radius 1 is 1.29 bits per heavy atom. The highest BCUT2D eigenvalue weighted by atomic mass is 35.5. The van der Waals surface area contributed by atoms with Gasteiger partial charge in [0.05, 0.1) is 5.88 Å². The molecule has 0 atom stereocenters. The number of nitrogens with zero attached hydrogens (tertiary/aromatic N) is 2. The summed E-state index contributed by atoms with van der Waals surface area (Å²) in [5.41, 5.74) is 0.786. The fourth-order valence-electron chi connectivity index (χ4n) is 2.08. The van der Waals surface area contributed by atoms with Gasteiger partial charge in [-0.25, -0.2) is 8.42 Å². The van der Waals surface area contributed by atoms with Crippen LogP contribution in [-0.4, -0.2) is 51.4 Å². The van der Waals surface area contributed by atoms with E-state index in [1.165, 1.54) is 11.3 Å². The lowest BCUT2D eigenvalue weighted by Crippen LogP contribution is -2.39. The first kappa shape index (κ1) is 18.9. The van der Waals surface area contributed by atoms with Crippen LogP contribution in [0.15, 0.2) is 10.3 Å². The maximum atomic E-state index is 13.0. The van der Waals surface area contributed by atoms with E-state index < -0.39 is 10.0 Å². The van der Waals surface area contributed by atoms with Gasteiger partial charge in [0.1, 0.15) is 4.90 Å². The van der Waals surface area contributed by atoms with Crippen LogP contribution in [0.2, 0.25) is 0 Å². The second-order valence-electron chi connectivity index (χ2n) is 5.86. The molecule has 0 bridgehead atoms. The van der Waals surface area contributed by atoms with Gasteiger partial charge in [-0.3, -0.25) is 0 Å². The number of thiophene rings is 1. The molecule has 0 aliphatic rings. The maximum absolute atomic E-state index is 13.0. The smallest absolute Gasteiger partial charge is 0.244 e. The van der Waals surface area contributed by atoms with Gasteiger partial charge in [0.15, 0.2) is 0 Å². The molecule has 0 saturated carbocycles. The first-order valence-electron chi connectivity index (χ1n) is 6.98. The molecule has 7 heteroatoms. The molecule has 0 aliphatic heterocycles. The van der Waals surface area contributed by atoms with Crippen LogP contribution in [0.3, 0.4) is 0 Å². The summed E-state index contributed by atoms with van der Waals surface area (Å²) in [6.07, 6.45) is 0. The van der Waals surface area contributed by atoms with Crippen molar-refractivity contribution in [3.8, 4) is 0 Å². The zero-order valence-corrected chi connectivity index (χ0v) is 15.8. The van der Waals surface area contributed by atoms with Crippen LogP contribution < -0.4 is 0 Å². The molecule has 0 aliphatic carbocycles. The third-order valence-electron chi connectivity index (χ3n) is 3.07. The SMILES string of the molecule is Cc1csc(CCl)c1S(=O)(=O)N(CCN(C)C)CC(C)C. The normalized spacial score (nSPS) is 12.8. The standard InChI is InChI=1S/C14H25ClN2O2S2/c1-11(2)9-17(7-6-16(4)5)21(18,19)14-12(3)10-20-13(14)8-15/h10-11H,6-9H2,1-5H3. The van der Waals surface area contributed by atoms with Crippen LogP contribution >= 0.6 is 22.9 Å². The number of sulfonamides is 1. The minimum absolute atomic E-state index is 0.232. The number of alkyl halides is 1. The van der Waals surface area contributed by atoms with E-state index >= 15 is 0 Å². The van der Waals surface area contributed by atoms with E-state index in [-0.39, 0.29) is 11.8 Å². The molecule has 0 spiro atoms. The van der Waals surface area contributed by atoms with E-state index in [1.54, 1.807) is 4.31 Å². The van der Waals surface area contributed by atoms with Gasteiger partial charge in [0.25, 0.3) is 0 Å². The third kappa shape index (κ3) is 4.93. The molecule has 0 radical (unpaired) electrons. The van der Waals surface area contributed by atoms with Crippen molar-refractivity contribution in [1.29, 1.82) is 0 Å². The fraction of sp³-hybridized carbons (Fsp3) is 0.714. The van der Waals surface area contributed by atoms with Crippen molar-refractivity contribution in [1.82, 2.24) is 9.21 Å². The molecule has 1 rings (SSSR count). The Labute approximate surface area is 137 Å². The second kappa shape index (κ2) is 7.92. The Morgan fingerprint density at radius 3 is 2.38 bits per heavy atom. The Morgan fingerprint density at radius 2 is 1.90 bits per heavy atom. The lowest BCUT2D eigenvalue weighted by molar-refractivity contribution is 0.312. The van der Waals surface area contributed by atoms with Crippen LogP contribution in [0.25, 0.3) is 0 Å². The zero-order chi connectivity index (χ0) is 16.2. The van der Waals surface area contributed by atoms with Crippen LogP contribution in [0, 0.1) is 12.8 Å². The summed E-state index contributed by atoms with van der Waals surface area (Å²) in [6, 6.07) is 0. The van der Waals surface area contributed by atoms with Crippen LogP contribution in [0.4, 0.5) is 0 Å². The van der Waals surface area contributed by atoms with Crippen LogP contribution in [0.5, 0.6) is 0 Å². The van der Waals surface area contributed by atoms with Gasteiger partial charge in [0.2, 0.25) is 10.0 Å². The molecule has 1 heterocycles.